The van der Waals surface area contributed by atoms with Gasteiger partial charge < -0.3 is 24.9 Å². The van der Waals surface area contributed by atoms with Crippen LogP contribution >= 0.6 is 0 Å². The summed E-state index contributed by atoms with van der Waals surface area (Å²) in [6, 6.07) is 18.0. The van der Waals surface area contributed by atoms with Gasteiger partial charge >= 0.3 is 5.82 Å². The molecule has 0 bridgehead atoms. The number of rotatable bonds is 5. The van der Waals surface area contributed by atoms with Crippen molar-refractivity contribution in [3.8, 4) is 0 Å². The number of aliphatic hydroxyl groups is 1. The SMILES string of the molecule is C[C@@H]1[C@H](c2ccccc2)OC(O)N1C(=O)[C@@](C)(c1ccccc1)N1C=C([N+](=O)[O-])NC1. The Morgan fingerprint density at radius 2 is 1.81 bits per heavy atom. The molecule has 2 aromatic carbocycles. The van der Waals surface area contributed by atoms with Gasteiger partial charge in [-0.2, -0.15) is 0 Å². The van der Waals surface area contributed by atoms with E-state index >= 15 is 0 Å². The number of carbonyl (C=O) groups is 1. The first-order valence-corrected chi connectivity index (χ1v) is 9.97. The van der Waals surface area contributed by atoms with Crippen LogP contribution in [0.25, 0.3) is 0 Å². The van der Waals surface area contributed by atoms with E-state index in [0.29, 0.717) is 5.56 Å². The molecule has 9 heteroatoms. The lowest BCUT2D eigenvalue weighted by Gasteiger charge is -2.40. The molecule has 2 heterocycles. The molecule has 2 aromatic rings. The Labute approximate surface area is 179 Å². The summed E-state index contributed by atoms with van der Waals surface area (Å²) < 4.78 is 5.75. The maximum atomic E-state index is 13.9. The van der Waals surface area contributed by atoms with E-state index < -0.39 is 34.9 Å². The van der Waals surface area contributed by atoms with Gasteiger partial charge in [0.1, 0.15) is 11.6 Å². The van der Waals surface area contributed by atoms with Crippen LogP contribution in [-0.2, 0) is 15.1 Å². The Morgan fingerprint density at radius 1 is 1.19 bits per heavy atom. The number of benzene rings is 2. The quantitative estimate of drug-likeness (QED) is 0.559. The number of nitrogens with one attached hydrogen (secondary N) is 1. The van der Waals surface area contributed by atoms with Gasteiger partial charge in [-0.15, -0.1) is 0 Å². The molecule has 0 saturated carbocycles. The lowest BCUT2D eigenvalue weighted by molar-refractivity contribution is -0.430. The first kappa shape index (κ1) is 20.8. The van der Waals surface area contributed by atoms with Crippen LogP contribution in [0.15, 0.2) is 72.7 Å². The van der Waals surface area contributed by atoms with Crippen LogP contribution in [0.4, 0.5) is 0 Å². The second-order valence-electron chi connectivity index (χ2n) is 7.76. The standard InChI is InChI=1S/C22H24N4O5/c1-15-19(16-9-5-3-6-10-16)31-21(28)25(15)20(27)22(2,17-11-7-4-8-12-17)24-13-18(23-14-24)26(29)30/h3-13,15,19,21,23,28H,14H2,1-2H3/t15-,19-,21?,22-/m1/s1. The highest BCUT2D eigenvalue weighted by molar-refractivity contribution is 5.88. The van der Waals surface area contributed by atoms with Crippen LogP contribution in [-0.4, -0.2) is 44.9 Å². The summed E-state index contributed by atoms with van der Waals surface area (Å²) in [6.07, 6.45) is -0.611. The maximum Gasteiger partial charge on any atom is 0.333 e. The minimum Gasteiger partial charge on any atom is -0.358 e. The molecule has 0 aromatic heterocycles. The molecule has 31 heavy (non-hydrogen) atoms. The molecule has 0 aliphatic carbocycles. The summed E-state index contributed by atoms with van der Waals surface area (Å²) >= 11 is 0. The molecule has 0 radical (unpaired) electrons. The predicted octanol–water partition coefficient (Wildman–Crippen LogP) is 2.10. The van der Waals surface area contributed by atoms with E-state index in [1.807, 2.05) is 43.3 Å². The van der Waals surface area contributed by atoms with E-state index in [1.165, 1.54) is 11.1 Å². The summed E-state index contributed by atoms with van der Waals surface area (Å²) in [6.45, 7) is 3.59. The van der Waals surface area contributed by atoms with Gasteiger partial charge in [-0.25, -0.2) is 0 Å². The molecule has 4 rings (SSSR count). The van der Waals surface area contributed by atoms with Gasteiger partial charge in [0.05, 0.1) is 12.2 Å². The van der Waals surface area contributed by atoms with Gasteiger partial charge in [-0.3, -0.25) is 15.0 Å². The summed E-state index contributed by atoms with van der Waals surface area (Å²) in [4.78, 5) is 27.5. The lowest BCUT2D eigenvalue weighted by Crippen LogP contribution is -2.57. The number of carbonyl (C=O) groups excluding carboxylic acids is 1. The van der Waals surface area contributed by atoms with Crippen molar-refractivity contribution in [2.75, 3.05) is 6.67 Å². The van der Waals surface area contributed by atoms with Crippen molar-refractivity contribution in [3.63, 3.8) is 0 Å². The second kappa shape index (κ2) is 8.01. The zero-order chi connectivity index (χ0) is 22.2. The monoisotopic (exact) mass is 424 g/mol. The smallest absolute Gasteiger partial charge is 0.333 e. The fraction of sp³-hybridized carbons (Fsp3) is 0.318. The zero-order valence-corrected chi connectivity index (χ0v) is 17.2. The Morgan fingerprint density at radius 3 is 2.39 bits per heavy atom. The molecule has 9 nitrogen and oxygen atoms in total. The second-order valence-corrected chi connectivity index (χ2v) is 7.76. The number of amides is 1. The molecule has 1 fully saturated rings. The molecule has 1 unspecified atom stereocenters. The largest absolute Gasteiger partial charge is 0.358 e. The average Bonchev–Trinajstić information content (AvgIpc) is 3.39. The fourth-order valence-electron chi connectivity index (χ4n) is 4.17. The highest BCUT2D eigenvalue weighted by Crippen LogP contribution is 2.40. The maximum absolute atomic E-state index is 13.9. The Balaban J connectivity index is 1.72. The molecule has 1 amide bonds. The molecule has 2 N–H and O–H groups in total. The first-order valence-electron chi connectivity index (χ1n) is 9.97. The summed E-state index contributed by atoms with van der Waals surface area (Å²) in [5.74, 6) is -0.608. The number of hydrogen-bond acceptors (Lipinski definition) is 7. The van der Waals surface area contributed by atoms with Crippen LogP contribution in [0.3, 0.4) is 0 Å². The van der Waals surface area contributed by atoms with Gasteiger partial charge in [-0.1, -0.05) is 60.7 Å². The summed E-state index contributed by atoms with van der Waals surface area (Å²) in [5.41, 5.74) is 0.185. The highest BCUT2D eigenvalue weighted by Gasteiger charge is 2.52. The van der Waals surface area contributed by atoms with Crippen molar-refractivity contribution in [1.82, 2.24) is 15.1 Å². The van der Waals surface area contributed by atoms with Gasteiger partial charge in [0.15, 0.2) is 6.67 Å². The molecular formula is C22H24N4O5. The van der Waals surface area contributed by atoms with Gasteiger partial charge in [-0.05, 0) is 29.9 Å². The van der Waals surface area contributed by atoms with E-state index in [-0.39, 0.29) is 12.5 Å². The van der Waals surface area contributed by atoms with Crippen LogP contribution in [0.5, 0.6) is 0 Å². The van der Waals surface area contributed by atoms with E-state index in [0.717, 1.165) is 5.56 Å². The Hall–Kier alpha value is -3.43. The van der Waals surface area contributed by atoms with Crippen LogP contribution in [0.2, 0.25) is 0 Å². The van der Waals surface area contributed by atoms with Crippen molar-refractivity contribution < 1.29 is 19.6 Å². The minimum atomic E-state index is -1.44. The normalized spacial score (nSPS) is 25.0. The molecule has 2 aliphatic rings. The third kappa shape index (κ3) is 3.51. The number of aliphatic hydroxyl groups excluding tert-OH is 1. The van der Waals surface area contributed by atoms with E-state index in [2.05, 4.69) is 5.32 Å². The summed E-state index contributed by atoms with van der Waals surface area (Å²) in [7, 11) is 0. The highest BCUT2D eigenvalue weighted by atomic mass is 16.6. The number of hydrogen-bond donors (Lipinski definition) is 2. The lowest BCUT2D eigenvalue weighted by atomic mass is 9.88. The number of ether oxygens (including phenoxy) is 1. The van der Waals surface area contributed by atoms with Gasteiger partial charge in [0.2, 0.25) is 6.41 Å². The van der Waals surface area contributed by atoms with Crippen LogP contribution in [0.1, 0.15) is 31.1 Å². The van der Waals surface area contributed by atoms with E-state index in [4.69, 9.17) is 4.74 Å². The Bertz CT molecular complexity index is 999. The number of nitrogens with zero attached hydrogens (tertiary/aromatic N) is 3. The molecule has 1 saturated heterocycles. The van der Waals surface area contributed by atoms with Crippen molar-refractivity contribution >= 4 is 5.91 Å². The molecule has 162 valence electrons. The zero-order valence-electron chi connectivity index (χ0n) is 17.2. The first-order chi connectivity index (χ1) is 14.8. The molecule has 4 atom stereocenters. The Kier molecular flexibility index (Phi) is 5.38. The third-order valence-electron chi connectivity index (χ3n) is 5.98. The minimum absolute atomic E-state index is 0.0781. The molecule has 2 aliphatic heterocycles. The predicted molar refractivity (Wildman–Crippen MR) is 111 cm³/mol. The van der Waals surface area contributed by atoms with E-state index in [9.17, 15) is 20.0 Å². The van der Waals surface area contributed by atoms with Crippen molar-refractivity contribution in [2.45, 2.75) is 37.9 Å². The third-order valence-corrected chi connectivity index (χ3v) is 5.98. The fourth-order valence-corrected chi connectivity index (χ4v) is 4.17. The average molecular weight is 424 g/mol. The number of nitro groups is 1. The van der Waals surface area contributed by atoms with Crippen molar-refractivity contribution in [1.29, 1.82) is 0 Å². The van der Waals surface area contributed by atoms with Gasteiger partial charge in [0, 0.05) is 0 Å². The van der Waals surface area contributed by atoms with Crippen LogP contribution in [0, 0.1) is 10.1 Å². The van der Waals surface area contributed by atoms with Crippen LogP contribution < -0.4 is 5.32 Å². The molecule has 0 spiro atoms. The summed E-state index contributed by atoms with van der Waals surface area (Å²) in [5, 5.41) is 24.6. The molecular weight excluding hydrogens is 400 g/mol. The van der Waals surface area contributed by atoms with Gasteiger partial charge in [0.25, 0.3) is 5.91 Å². The van der Waals surface area contributed by atoms with Crippen molar-refractivity contribution in [2.24, 2.45) is 0 Å². The van der Waals surface area contributed by atoms with E-state index in [1.54, 1.807) is 36.1 Å². The topological polar surface area (TPSA) is 108 Å². The van der Waals surface area contributed by atoms with Crippen molar-refractivity contribution in [3.05, 3.63) is 93.9 Å².